The lowest BCUT2D eigenvalue weighted by Gasteiger charge is -2.24. The number of amides is 1. The second kappa shape index (κ2) is 8.52. The van der Waals surface area contributed by atoms with Gasteiger partial charge in [0.05, 0.1) is 29.9 Å². The van der Waals surface area contributed by atoms with Crippen LogP contribution < -0.4 is 5.32 Å². The fraction of sp³-hybridized carbons (Fsp3) is 0.312. The van der Waals surface area contributed by atoms with E-state index in [-0.39, 0.29) is 12.2 Å². The van der Waals surface area contributed by atoms with E-state index in [0.717, 1.165) is 14.7 Å². The van der Waals surface area contributed by atoms with E-state index >= 15 is 0 Å². The number of benzene rings is 1. The van der Waals surface area contributed by atoms with Crippen molar-refractivity contribution in [3.05, 3.63) is 52.9 Å². The van der Waals surface area contributed by atoms with Crippen molar-refractivity contribution in [2.45, 2.75) is 12.7 Å². The first-order chi connectivity index (χ1) is 12.9. The SMILES string of the molecule is CN(C)S(=O)(=O)N(CC(=O)Nc1ccc(Cl)c(C(F)(F)F)c1)Cc1ccco1. The molecule has 0 fully saturated rings. The largest absolute Gasteiger partial charge is 0.468 e. The van der Waals surface area contributed by atoms with Crippen LogP contribution in [0, 0.1) is 0 Å². The summed E-state index contributed by atoms with van der Waals surface area (Å²) in [5.41, 5.74) is -1.28. The lowest BCUT2D eigenvalue weighted by atomic mass is 10.2. The third-order valence-corrected chi connectivity index (χ3v) is 5.74. The Hall–Kier alpha value is -2.08. The third kappa shape index (κ3) is 5.47. The maximum atomic E-state index is 12.9. The van der Waals surface area contributed by atoms with E-state index in [1.165, 1.54) is 32.5 Å². The van der Waals surface area contributed by atoms with Crippen LogP contribution in [0.2, 0.25) is 5.02 Å². The Labute approximate surface area is 164 Å². The molecule has 1 N–H and O–H groups in total. The van der Waals surface area contributed by atoms with Crippen LogP contribution >= 0.6 is 11.6 Å². The Morgan fingerprint density at radius 1 is 1.25 bits per heavy atom. The van der Waals surface area contributed by atoms with Crippen LogP contribution in [0.25, 0.3) is 0 Å². The average molecular weight is 440 g/mol. The minimum absolute atomic E-state index is 0.165. The van der Waals surface area contributed by atoms with Crippen molar-refractivity contribution in [2.75, 3.05) is 26.0 Å². The summed E-state index contributed by atoms with van der Waals surface area (Å²) in [6.45, 7) is -0.861. The number of carbonyl (C=O) groups is 1. The van der Waals surface area contributed by atoms with Crippen LogP contribution in [0.1, 0.15) is 11.3 Å². The lowest BCUT2D eigenvalue weighted by molar-refractivity contribution is -0.137. The molecule has 0 aliphatic rings. The number of halogens is 4. The molecule has 0 saturated heterocycles. The zero-order valence-electron chi connectivity index (χ0n) is 14.8. The number of furan rings is 1. The Kier molecular flexibility index (Phi) is 6.75. The minimum Gasteiger partial charge on any atom is -0.468 e. The van der Waals surface area contributed by atoms with E-state index in [4.69, 9.17) is 16.0 Å². The van der Waals surface area contributed by atoms with Crippen molar-refractivity contribution in [1.82, 2.24) is 8.61 Å². The van der Waals surface area contributed by atoms with E-state index in [0.29, 0.717) is 11.8 Å². The predicted octanol–water partition coefficient (Wildman–Crippen LogP) is 3.20. The molecule has 7 nitrogen and oxygen atoms in total. The van der Waals surface area contributed by atoms with E-state index in [1.54, 1.807) is 6.07 Å². The molecule has 0 aliphatic heterocycles. The topological polar surface area (TPSA) is 82.9 Å². The summed E-state index contributed by atoms with van der Waals surface area (Å²) >= 11 is 5.54. The third-order valence-electron chi connectivity index (χ3n) is 3.58. The number of carbonyl (C=O) groups excluding carboxylic acids is 1. The van der Waals surface area contributed by atoms with Crippen LogP contribution in [-0.2, 0) is 27.7 Å². The van der Waals surface area contributed by atoms with Crippen molar-refractivity contribution in [3.63, 3.8) is 0 Å². The number of nitrogens with one attached hydrogen (secondary N) is 1. The summed E-state index contributed by atoms with van der Waals surface area (Å²) in [7, 11) is -1.42. The first kappa shape index (κ1) is 22.2. The highest BCUT2D eigenvalue weighted by atomic mass is 35.5. The van der Waals surface area contributed by atoms with Gasteiger partial charge in [-0.3, -0.25) is 4.79 Å². The summed E-state index contributed by atoms with van der Waals surface area (Å²) in [5, 5.41) is 1.74. The Morgan fingerprint density at radius 2 is 1.93 bits per heavy atom. The number of nitrogens with zero attached hydrogens (tertiary/aromatic N) is 2. The number of rotatable bonds is 7. The number of anilines is 1. The maximum absolute atomic E-state index is 12.9. The van der Waals surface area contributed by atoms with E-state index in [2.05, 4.69) is 5.32 Å². The molecular weight excluding hydrogens is 423 g/mol. The van der Waals surface area contributed by atoms with Crippen molar-refractivity contribution >= 4 is 33.4 Å². The maximum Gasteiger partial charge on any atom is 0.417 e. The van der Waals surface area contributed by atoms with Gasteiger partial charge in [-0.1, -0.05) is 11.6 Å². The fourth-order valence-corrected chi connectivity index (χ4v) is 3.46. The van der Waals surface area contributed by atoms with Gasteiger partial charge in [-0.2, -0.15) is 30.2 Å². The van der Waals surface area contributed by atoms with Crippen LogP contribution in [0.3, 0.4) is 0 Å². The average Bonchev–Trinajstić information content (AvgIpc) is 3.08. The van der Waals surface area contributed by atoms with Crippen LogP contribution in [-0.4, -0.2) is 43.6 Å². The fourth-order valence-electron chi connectivity index (χ4n) is 2.21. The van der Waals surface area contributed by atoms with Gasteiger partial charge in [-0.25, -0.2) is 0 Å². The minimum atomic E-state index is -4.70. The first-order valence-corrected chi connectivity index (χ1v) is 9.55. The Bertz CT molecular complexity index is 931. The van der Waals surface area contributed by atoms with Crippen LogP contribution in [0.5, 0.6) is 0 Å². The summed E-state index contributed by atoms with van der Waals surface area (Å²) in [6.07, 6.45) is -3.35. The molecule has 0 spiro atoms. The standard InChI is InChI=1S/C16H17ClF3N3O4S/c1-22(2)28(25,26)23(9-12-4-3-7-27-12)10-15(24)21-11-5-6-14(17)13(8-11)16(18,19)20/h3-8H,9-10H2,1-2H3,(H,21,24). The summed E-state index contributed by atoms with van der Waals surface area (Å²) in [4.78, 5) is 12.3. The van der Waals surface area contributed by atoms with Crippen molar-refractivity contribution < 1.29 is 30.8 Å². The zero-order valence-corrected chi connectivity index (χ0v) is 16.4. The highest BCUT2D eigenvalue weighted by Crippen LogP contribution is 2.36. The molecule has 28 heavy (non-hydrogen) atoms. The predicted molar refractivity (Wildman–Crippen MR) is 96.8 cm³/mol. The lowest BCUT2D eigenvalue weighted by Crippen LogP contribution is -2.43. The highest BCUT2D eigenvalue weighted by Gasteiger charge is 2.34. The number of hydrogen-bond acceptors (Lipinski definition) is 4. The normalized spacial score (nSPS) is 12.6. The van der Waals surface area contributed by atoms with Gasteiger partial charge in [0.1, 0.15) is 5.76 Å². The van der Waals surface area contributed by atoms with Crippen LogP contribution in [0.15, 0.2) is 41.0 Å². The molecule has 154 valence electrons. The first-order valence-electron chi connectivity index (χ1n) is 7.78. The number of hydrogen-bond donors (Lipinski definition) is 1. The van der Waals surface area contributed by atoms with Gasteiger partial charge < -0.3 is 9.73 Å². The Balaban J connectivity index is 2.20. The molecule has 1 aromatic carbocycles. The molecule has 0 aliphatic carbocycles. The van der Waals surface area contributed by atoms with Gasteiger partial charge in [0, 0.05) is 19.8 Å². The smallest absolute Gasteiger partial charge is 0.417 e. The quantitative estimate of drug-likeness (QED) is 0.718. The van der Waals surface area contributed by atoms with Crippen LogP contribution in [0.4, 0.5) is 18.9 Å². The van der Waals surface area contributed by atoms with Gasteiger partial charge in [0.25, 0.3) is 10.2 Å². The molecule has 1 aromatic heterocycles. The highest BCUT2D eigenvalue weighted by molar-refractivity contribution is 7.86. The summed E-state index contributed by atoms with van der Waals surface area (Å²) in [6, 6.07) is 5.95. The van der Waals surface area contributed by atoms with E-state index < -0.39 is 39.4 Å². The molecule has 1 amide bonds. The molecule has 0 radical (unpaired) electrons. The second-order valence-electron chi connectivity index (χ2n) is 5.88. The number of alkyl halides is 3. The van der Waals surface area contributed by atoms with Crippen molar-refractivity contribution in [2.24, 2.45) is 0 Å². The molecule has 12 heteroatoms. The molecule has 1 heterocycles. The molecular formula is C16H17ClF3N3O4S. The molecule has 0 saturated carbocycles. The zero-order chi connectivity index (χ0) is 21.1. The molecule has 0 bridgehead atoms. The Morgan fingerprint density at radius 3 is 2.46 bits per heavy atom. The molecule has 0 atom stereocenters. The van der Waals surface area contributed by atoms with Crippen molar-refractivity contribution in [1.29, 1.82) is 0 Å². The van der Waals surface area contributed by atoms with Gasteiger partial charge in [-0.05, 0) is 30.3 Å². The van der Waals surface area contributed by atoms with Gasteiger partial charge in [-0.15, -0.1) is 0 Å². The van der Waals surface area contributed by atoms with Crippen molar-refractivity contribution in [3.8, 4) is 0 Å². The van der Waals surface area contributed by atoms with Gasteiger partial charge in [0.2, 0.25) is 5.91 Å². The molecule has 0 unspecified atom stereocenters. The van der Waals surface area contributed by atoms with Gasteiger partial charge in [0.15, 0.2) is 0 Å². The molecule has 2 aromatic rings. The summed E-state index contributed by atoms with van der Waals surface area (Å²) < 4.78 is 70.5. The second-order valence-corrected chi connectivity index (χ2v) is 8.43. The van der Waals surface area contributed by atoms with Gasteiger partial charge >= 0.3 is 6.18 Å². The van der Waals surface area contributed by atoms with E-state index in [1.807, 2.05) is 0 Å². The summed E-state index contributed by atoms with van der Waals surface area (Å²) in [5.74, 6) is -0.531. The molecule has 2 rings (SSSR count). The monoisotopic (exact) mass is 439 g/mol. The van der Waals surface area contributed by atoms with E-state index in [9.17, 15) is 26.4 Å².